The summed E-state index contributed by atoms with van der Waals surface area (Å²) in [5, 5.41) is 32.9. The molecule has 1 aliphatic heterocycles. The summed E-state index contributed by atoms with van der Waals surface area (Å²) in [5.74, 6) is -9.44. The van der Waals surface area contributed by atoms with E-state index in [0.29, 0.717) is 24.8 Å². The lowest BCUT2D eigenvalue weighted by Crippen LogP contribution is -2.60. The summed E-state index contributed by atoms with van der Waals surface area (Å²) in [6.07, 6.45) is 42.2. The molecule has 0 saturated carbocycles. The fourth-order valence-corrected chi connectivity index (χ4v) is 14.7. The topological polar surface area (TPSA) is 427 Å². The van der Waals surface area contributed by atoms with Crippen LogP contribution >= 0.6 is 11.8 Å². The third-order valence-electron chi connectivity index (χ3n) is 20.2. The normalized spacial score (nSPS) is 14.2. The first-order chi connectivity index (χ1) is 53.1. The van der Waals surface area contributed by atoms with Gasteiger partial charge in [-0.05, 0) is 69.1 Å². The molecule has 0 aromatic heterocycles. The monoisotopic (exact) mass is 1570 g/mol. The van der Waals surface area contributed by atoms with Gasteiger partial charge >= 0.3 is 17.9 Å². The summed E-state index contributed by atoms with van der Waals surface area (Å²) < 4.78 is 11.8. The van der Waals surface area contributed by atoms with E-state index in [9.17, 15) is 63.0 Å². The minimum Gasteiger partial charge on any atom is -0.508 e. The Morgan fingerprint density at radius 1 is 0.491 bits per heavy atom. The van der Waals surface area contributed by atoms with Crippen molar-refractivity contribution in [3.8, 4) is 5.75 Å². The number of nitrogens with two attached hydrogens (primary N) is 4. The predicted molar refractivity (Wildman–Crippen MR) is 435 cm³/mol. The molecule has 628 valence electrons. The number of aromatic hydroxyl groups is 1. The van der Waals surface area contributed by atoms with Crippen molar-refractivity contribution in [1.82, 2.24) is 31.5 Å². The van der Waals surface area contributed by atoms with E-state index in [0.717, 1.165) is 81.9 Å². The number of esters is 2. The zero-order valence-corrected chi connectivity index (χ0v) is 68.4. The van der Waals surface area contributed by atoms with Gasteiger partial charge in [-0.3, -0.25) is 57.7 Å². The first-order valence-corrected chi connectivity index (χ1v) is 43.6. The molecule has 0 radical (unpaired) electrons. The molecule has 1 unspecified atom stereocenters. The minimum absolute atomic E-state index is 0.00243. The number of hydrogen-bond acceptors (Lipinski definition) is 16. The molecule has 1 aliphatic rings. The first-order valence-electron chi connectivity index (χ1n) is 42.5. The molecule has 0 spiro atoms. The highest BCUT2D eigenvalue weighted by atomic mass is 32.2. The highest BCUT2D eigenvalue weighted by molar-refractivity contribution is 7.99. The SMILES string of the molecule is CCCCCCCCCCCCCCCC(=O)N[C@@H](CSCC(COC(=O)CCCCCCCCCCCCCCC)OC(=O)CCCCCCCCCCCCCCC)C(=O)N[C@@H](CCC(N)=O)C(=O)N1CCC[C@H]1C(=O)N[C@@H](CC(=O)O)C(=O)N[C@@H](CCCN=C(N)N)C(=O)N[C@@H](Cc1ccc(O)cc1)C(N)=O. The lowest BCUT2D eigenvalue weighted by Gasteiger charge is -2.31. The number of unbranched alkanes of at least 4 members (excludes halogenated alkanes) is 36. The molecule has 1 heterocycles. The standard InChI is InChI=1S/C83H145N11O15S/c1-4-7-10-13-16-19-22-25-28-31-34-37-40-47-73(97)89-70(62-110-61-65(109-76(101)49-42-39-36-33-30-27-24-21-18-15-12-9-6-3)60-108-75(100)48-41-38-35-32-29-26-23-20-17-14-11-8-5-2)80(105)91-67(54-55-72(84)96)82(107)94-57-44-46-71(94)81(106)93-69(59-74(98)99)79(104)90-66(45-43-56-88-83(86)87)78(103)92-68(77(85)102)58-63-50-52-64(95)53-51-63/h50-53,65-71,95H,4-49,54-62H2,1-3H3,(H2,84,96)(H2,85,102)(H,89,97)(H,90,104)(H,91,105)(H,92,103)(H,93,106)(H,98,99)(H4,86,87,88)/t65?,66-,67-,68-,69-,70-,71-/m0/s1. The van der Waals surface area contributed by atoms with E-state index >= 15 is 0 Å². The number of guanidine groups is 1. The van der Waals surface area contributed by atoms with E-state index in [-0.39, 0.29) is 101 Å². The Morgan fingerprint density at radius 2 is 0.927 bits per heavy atom. The Balaban J connectivity index is 2.38. The van der Waals surface area contributed by atoms with Crippen LogP contribution in [0.15, 0.2) is 29.3 Å². The number of carbonyl (C=O) groups excluding carboxylic acids is 10. The number of aliphatic carboxylic acids is 1. The minimum atomic E-state index is -1.84. The molecule has 15 N–H and O–H groups in total. The van der Waals surface area contributed by atoms with Gasteiger partial charge in [-0.2, -0.15) is 11.8 Å². The number of nitrogens with zero attached hydrogens (tertiary/aromatic N) is 2. The van der Waals surface area contributed by atoms with Crippen molar-refractivity contribution in [2.75, 3.05) is 31.2 Å². The molecule has 0 aliphatic carbocycles. The van der Waals surface area contributed by atoms with Crippen LogP contribution in [0.4, 0.5) is 0 Å². The molecule has 26 nitrogen and oxygen atoms in total. The van der Waals surface area contributed by atoms with E-state index in [4.69, 9.17) is 32.4 Å². The van der Waals surface area contributed by atoms with Gasteiger partial charge in [0.1, 0.15) is 54.7 Å². The fraction of sp³-hybridized carbons (Fsp3) is 0.783. The van der Waals surface area contributed by atoms with Crippen molar-refractivity contribution in [3.63, 3.8) is 0 Å². The second kappa shape index (κ2) is 64.3. The smallest absolute Gasteiger partial charge is 0.306 e. The average Bonchev–Trinajstić information content (AvgIpc) is 1.65. The van der Waals surface area contributed by atoms with E-state index in [1.165, 1.54) is 190 Å². The third kappa shape index (κ3) is 50.7. The number of rotatable bonds is 71. The Morgan fingerprint density at radius 3 is 1.39 bits per heavy atom. The van der Waals surface area contributed by atoms with E-state index < -0.39 is 120 Å². The third-order valence-corrected chi connectivity index (χ3v) is 21.4. The van der Waals surface area contributed by atoms with Gasteiger partial charge in [0, 0.05) is 56.7 Å². The molecule has 7 atom stereocenters. The van der Waals surface area contributed by atoms with Crippen molar-refractivity contribution >= 4 is 82.9 Å². The van der Waals surface area contributed by atoms with Crippen molar-refractivity contribution in [2.45, 2.75) is 384 Å². The van der Waals surface area contributed by atoms with Crippen LogP contribution in [0, 0.1) is 0 Å². The van der Waals surface area contributed by atoms with Crippen molar-refractivity contribution < 1.29 is 72.4 Å². The van der Waals surface area contributed by atoms with Crippen molar-refractivity contribution in [1.29, 1.82) is 0 Å². The molecule has 1 aromatic rings. The summed E-state index contributed by atoms with van der Waals surface area (Å²) >= 11 is 1.17. The molecule has 1 fully saturated rings. The van der Waals surface area contributed by atoms with Gasteiger partial charge in [0.15, 0.2) is 5.96 Å². The van der Waals surface area contributed by atoms with E-state index in [2.05, 4.69) is 52.3 Å². The molecule has 8 amide bonds. The number of aliphatic imine (C=N–C) groups is 1. The number of primary amides is 2. The number of carbonyl (C=O) groups is 11. The van der Waals surface area contributed by atoms with Crippen LogP contribution in [0.5, 0.6) is 5.75 Å². The number of nitrogens with one attached hydrogen (secondary N) is 5. The maximum absolute atomic E-state index is 14.9. The van der Waals surface area contributed by atoms with Gasteiger partial charge in [0.2, 0.25) is 47.3 Å². The first kappa shape index (κ1) is 98.9. The maximum Gasteiger partial charge on any atom is 0.306 e. The van der Waals surface area contributed by atoms with Gasteiger partial charge in [-0.1, -0.05) is 264 Å². The zero-order chi connectivity index (χ0) is 80.8. The number of benzene rings is 1. The molecular formula is C83H145N11O15S. The van der Waals surface area contributed by atoms with Crippen molar-refractivity contribution in [3.05, 3.63) is 29.8 Å². The van der Waals surface area contributed by atoms with Crippen LogP contribution in [0.2, 0.25) is 0 Å². The predicted octanol–water partition coefficient (Wildman–Crippen LogP) is 12.3. The van der Waals surface area contributed by atoms with Gasteiger partial charge in [0.25, 0.3) is 0 Å². The highest BCUT2D eigenvalue weighted by Gasteiger charge is 2.41. The molecule has 2 rings (SSSR count). The van der Waals surface area contributed by atoms with Gasteiger partial charge in [-0.15, -0.1) is 0 Å². The van der Waals surface area contributed by atoms with Crippen LogP contribution in [0.3, 0.4) is 0 Å². The number of amides is 8. The Labute approximate surface area is 662 Å². The van der Waals surface area contributed by atoms with E-state index in [1.807, 2.05) is 0 Å². The number of thioether (sulfide) groups is 1. The highest BCUT2D eigenvalue weighted by Crippen LogP contribution is 2.23. The number of likely N-dealkylation sites (tertiary alicyclic amines) is 1. The number of phenols is 1. The van der Waals surface area contributed by atoms with Gasteiger partial charge in [0.05, 0.1) is 6.42 Å². The second-order valence-electron chi connectivity index (χ2n) is 30.2. The molecule has 27 heteroatoms. The zero-order valence-electron chi connectivity index (χ0n) is 67.6. The van der Waals surface area contributed by atoms with Gasteiger partial charge < -0.3 is 74.1 Å². The van der Waals surface area contributed by atoms with E-state index in [1.54, 1.807) is 0 Å². The van der Waals surface area contributed by atoms with Crippen LogP contribution in [-0.2, 0) is 68.6 Å². The summed E-state index contributed by atoms with van der Waals surface area (Å²) in [6.45, 7) is 6.40. The Hall–Kier alpha value is -7.19. The Kier molecular flexibility index (Phi) is 57.8. The second-order valence-corrected chi connectivity index (χ2v) is 31.3. The lowest BCUT2D eigenvalue weighted by molar-refractivity contribution is -0.157. The molecular weight excluding hydrogens is 1420 g/mol. The summed E-state index contributed by atoms with van der Waals surface area (Å²) in [6, 6.07) is -2.96. The summed E-state index contributed by atoms with van der Waals surface area (Å²) in [5.41, 5.74) is 22.9. The van der Waals surface area contributed by atoms with Crippen molar-refractivity contribution in [2.24, 2.45) is 27.9 Å². The number of carboxylic acids is 1. The number of carboxylic acid groups (broad SMARTS) is 1. The van der Waals surface area contributed by atoms with Crippen LogP contribution in [0.1, 0.15) is 341 Å². The number of phenolic OH excluding ortho intramolecular Hbond substituents is 1. The van der Waals surface area contributed by atoms with Crippen LogP contribution in [-0.4, -0.2) is 160 Å². The molecule has 110 heavy (non-hydrogen) atoms. The summed E-state index contributed by atoms with van der Waals surface area (Å²) in [7, 11) is 0. The number of hydrogen-bond donors (Lipinski definition) is 11. The van der Waals surface area contributed by atoms with Crippen LogP contribution in [0.25, 0.3) is 0 Å². The largest absolute Gasteiger partial charge is 0.508 e. The Bertz CT molecular complexity index is 2780. The van der Waals surface area contributed by atoms with Gasteiger partial charge in [-0.25, -0.2) is 0 Å². The molecule has 1 aromatic carbocycles. The van der Waals surface area contributed by atoms with Crippen LogP contribution < -0.4 is 49.5 Å². The quantitative estimate of drug-likeness (QED) is 0.0125. The molecule has 0 bridgehead atoms. The average molecular weight is 1570 g/mol. The number of ether oxygens (including phenoxy) is 2. The molecule has 1 saturated heterocycles. The summed E-state index contributed by atoms with van der Waals surface area (Å²) in [4.78, 5) is 156. The fourth-order valence-electron chi connectivity index (χ4n) is 13.6. The lowest BCUT2D eigenvalue weighted by atomic mass is 10.0. The maximum atomic E-state index is 14.9.